The minimum Gasteiger partial charge on any atom is -0.394 e. The maximum absolute atomic E-state index is 13.4. The number of carbonyl (C=O) groups excluding carboxylic acids is 1. The van der Waals surface area contributed by atoms with E-state index in [0.29, 0.717) is 12.8 Å². The third-order valence-electron chi connectivity index (χ3n) is 18.7. The zero-order valence-electron chi connectivity index (χ0n) is 55.2. The van der Waals surface area contributed by atoms with Crippen molar-refractivity contribution in [3.63, 3.8) is 0 Å². The molecule has 3 saturated heterocycles. The number of carbonyl (C=O) groups is 1. The number of unbranched alkanes of at least 4 members (excludes halogenated alkanes) is 41. The van der Waals surface area contributed by atoms with Crippen LogP contribution in [0.1, 0.15) is 303 Å². The molecule has 17 atom stereocenters. The number of nitrogens with one attached hydrogen (secondary N) is 1. The highest BCUT2D eigenvalue weighted by Gasteiger charge is 2.53. The standard InChI is InChI=1S/C69H133NO18/c1-3-5-7-9-11-13-15-17-19-21-23-25-27-28-30-32-34-36-38-40-42-44-46-53(74)52(70-57(75)47-45-43-41-39-37-35-33-31-29-26-24-22-20-18-16-14-12-10-8-6-4-2)51-83-67-63(81)60(78)65(55(49-72)85-67)88-69-64(82)61(79)66(56(50-73)86-69)87-68-62(80)59(77)58(76)54(48-71)84-68/h52-56,58-69,71-74,76-82H,3-51H2,1-2H3,(H,70,75). The minimum absolute atomic E-state index is 0.235. The van der Waals surface area contributed by atoms with E-state index in [9.17, 15) is 61.0 Å². The lowest BCUT2D eigenvalue weighted by atomic mass is 9.96. The van der Waals surface area contributed by atoms with E-state index in [2.05, 4.69) is 19.2 Å². The summed E-state index contributed by atoms with van der Waals surface area (Å²) in [6, 6.07) is -0.882. The smallest absolute Gasteiger partial charge is 0.220 e. The van der Waals surface area contributed by atoms with Crippen molar-refractivity contribution < 1.29 is 89.4 Å². The van der Waals surface area contributed by atoms with Crippen LogP contribution in [0.5, 0.6) is 0 Å². The van der Waals surface area contributed by atoms with Gasteiger partial charge in [-0.15, -0.1) is 0 Å². The van der Waals surface area contributed by atoms with Gasteiger partial charge in [0.1, 0.15) is 73.2 Å². The Hall–Kier alpha value is -1.21. The Morgan fingerprint density at radius 3 is 0.989 bits per heavy atom. The molecule has 3 heterocycles. The van der Waals surface area contributed by atoms with Crippen LogP contribution in [0.15, 0.2) is 0 Å². The number of ether oxygens (including phenoxy) is 6. The summed E-state index contributed by atoms with van der Waals surface area (Å²) in [6.45, 7) is 1.85. The Labute approximate surface area is 532 Å². The number of rotatable bonds is 57. The largest absolute Gasteiger partial charge is 0.394 e. The van der Waals surface area contributed by atoms with Crippen molar-refractivity contribution >= 4 is 5.91 Å². The van der Waals surface area contributed by atoms with Crippen LogP contribution in [0.2, 0.25) is 0 Å². The Balaban J connectivity index is 1.42. The number of hydrogen-bond acceptors (Lipinski definition) is 18. The number of amides is 1. The molecule has 3 aliphatic heterocycles. The fraction of sp³-hybridized carbons (Fsp3) is 0.986. The van der Waals surface area contributed by atoms with E-state index in [-0.39, 0.29) is 18.9 Å². The summed E-state index contributed by atoms with van der Waals surface area (Å²) in [6.07, 6.45) is 28.9. The topological polar surface area (TPSA) is 307 Å². The van der Waals surface area contributed by atoms with E-state index < -0.39 is 124 Å². The average Bonchev–Trinajstić information content (AvgIpc) is 3.71. The fourth-order valence-electron chi connectivity index (χ4n) is 12.8. The highest BCUT2D eigenvalue weighted by molar-refractivity contribution is 5.76. The van der Waals surface area contributed by atoms with E-state index in [1.807, 2.05) is 0 Å². The van der Waals surface area contributed by atoms with Gasteiger partial charge in [0.2, 0.25) is 5.91 Å². The van der Waals surface area contributed by atoms with Crippen LogP contribution in [-0.4, -0.2) is 193 Å². The van der Waals surface area contributed by atoms with Crippen molar-refractivity contribution in [3.8, 4) is 0 Å². The van der Waals surface area contributed by atoms with Crippen LogP contribution < -0.4 is 5.32 Å². The first-order valence-electron chi connectivity index (χ1n) is 36.3. The van der Waals surface area contributed by atoms with Crippen LogP contribution in [0.4, 0.5) is 0 Å². The third-order valence-corrected chi connectivity index (χ3v) is 18.7. The molecule has 3 rings (SSSR count). The highest BCUT2D eigenvalue weighted by atomic mass is 16.8. The van der Waals surface area contributed by atoms with Crippen molar-refractivity contribution in [1.29, 1.82) is 0 Å². The van der Waals surface area contributed by atoms with Gasteiger partial charge in [-0.05, 0) is 12.8 Å². The number of hydrogen-bond donors (Lipinski definition) is 12. The molecule has 522 valence electrons. The normalized spacial score (nSPS) is 28.3. The van der Waals surface area contributed by atoms with Crippen molar-refractivity contribution in [3.05, 3.63) is 0 Å². The molecule has 3 fully saturated rings. The van der Waals surface area contributed by atoms with Gasteiger partial charge in [0.25, 0.3) is 0 Å². The maximum atomic E-state index is 13.4. The van der Waals surface area contributed by atoms with Gasteiger partial charge in [0, 0.05) is 6.42 Å². The van der Waals surface area contributed by atoms with Crippen molar-refractivity contribution in [2.45, 2.75) is 407 Å². The molecule has 19 nitrogen and oxygen atoms in total. The lowest BCUT2D eigenvalue weighted by molar-refractivity contribution is -0.379. The van der Waals surface area contributed by atoms with Gasteiger partial charge in [0.05, 0.1) is 38.6 Å². The van der Waals surface area contributed by atoms with Gasteiger partial charge in [-0.1, -0.05) is 284 Å². The lowest BCUT2D eigenvalue weighted by Gasteiger charge is -2.48. The molecule has 0 bridgehead atoms. The van der Waals surface area contributed by atoms with Crippen LogP contribution in [0.25, 0.3) is 0 Å². The first-order valence-corrected chi connectivity index (χ1v) is 36.3. The number of aliphatic hydroxyl groups is 11. The molecule has 17 unspecified atom stereocenters. The molecule has 0 radical (unpaired) electrons. The molecule has 19 heteroatoms. The van der Waals surface area contributed by atoms with Crippen LogP contribution in [-0.2, 0) is 33.2 Å². The molecule has 0 aromatic rings. The Morgan fingerprint density at radius 1 is 0.364 bits per heavy atom. The summed E-state index contributed by atoms with van der Waals surface area (Å²) in [5.74, 6) is -0.235. The van der Waals surface area contributed by atoms with Crippen molar-refractivity contribution in [1.82, 2.24) is 5.32 Å². The fourth-order valence-corrected chi connectivity index (χ4v) is 12.8. The first-order chi connectivity index (χ1) is 42.8. The molecule has 0 aliphatic carbocycles. The minimum atomic E-state index is -1.97. The molecule has 0 spiro atoms. The van der Waals surface area contributed by atoms with E-state index in [4.69, 9.17) is 28.4 Å². The molecule has 88 heavy (non-hydrogen) atoms. The molecule has 0 aromatic carbocycles. The molecule has 0 saturated carbocycles. The Kier molecular flexibility index (Phi) is 48.0. The zero-order valence-corrected chi connectivity index (χ0v) is 55.2. The van der Waals surface area contributed by atoms with Gasteiger partial charge in [-0.2, -0.15) is 0 Å². The zero-order chi connectivity index (χ0) is 64.0. The van der Waals surface area contributed by atoms with Crippen LogP contribution in [0.3, 0.4) is 0 Å². The summed E-state index contributed by atoms with van der Waals surface area (Å²) in [5.41, 5.74) is 0. The third kappa shape index (κ3) is 33.8. The SMILES string of the molecule is CCCCCCCCCCCCCCCCCCCCCCCCC(O)C(COC1OC(CO)C(OC2OC(CO)C(OC3OC(CO)C(O)C(O)C3O)C(O)C2O)C(O)C1O)NC(=O)CCCCCCCCCCCCCCCCCCCCCCC. The van der Waals surface area contributed by atoms with Crippen molar-refractivity contribution in [2.24, 2.45) is 0 Å². The molecule has 3 aliphatic rings. The predicted molar refractivity (Wildman–Crippen MR) is 342 cm³/mol. The summed E-state index contributed by atoms with van der Waals surface area (Å²) < 4.78 is 34.5. The quantitative estimate of drug-likeness (QED) is 0.0252. The molecule has 0 aromatic heterocycles. The monoisotopic (exact) mass is 1260 g/mol. The van der Waals surface area contributed by atoms with E-state index in [1.165, 1.54) is 225 Å². The summed E-state index contributed by atoms with van der Waals surface area (Å²) in [7, 11) is 0. The molecular formula is C69H133NO18. The summed E-state index contributed by atoms with van der Waals surface area (Å²) in [5, 5.41) is 121. The van der Waals surface area contributed by atoms with Gasteiger partial charge < -0.3 is 89.9 Å². The molecule has 12 N–H and O–H groups in total. The average molecular weight is 1260 g/mol. The Morgan fingerprint density at radius 2 is 0.648 bits per heavy atom. The number of aliphatic hydroxyl groups excluding tert-OH is 11. The second-order valence-corrected chi connectivity index (χ2v) is 26.4. The van der Waals surface area contributed by atoms with E-state index in [0.717, 1.165) is 44.9 Å². The van der Waals surface area contributed by atoms with Gasteiger partial charge >= 0.3 is 0 Å². The second-order valence-electron chi connectivity index (χ2n) is 26.4. The van der Waals surface area contributed by atoms with Crippen LogP contribution >= 0.6 is 0 Å². The van der Waals surface area contributed by atoms with Crippen molar-refractivity contribution in [2.75, 3.05) is 26.4 Å². The summed E-state index contributed by atoms with van der Waals surface area (Å²) in [4.78, 5) is 13.4. The van der Waals surface area contributed by atoms with E-state index >= 15 is 0 Å². The van der Waals surface area contributed by atoms with Gasteiger partial charge in [-0.3, -0.25) is 4.79 Å². The summed E-state index contributed by atoms with van der Waals surface area (Å²) >= 11 is 0. The second kappa shape index (κ2) is 52.1. The first kappa shape index (κ1) is 81.0. The Bertz CT molecular complexity index is 1600. The predicted octanol–water partition coefficient (Wildman–Crippen LogP) is 9.89. The van der Waals surface area contributed by atoms with E-state index in [1.54, 1.807) is 0 Å². The highest BCUT2D eigenvalue weighted by Crippen LogP contribution is 2.33. The lowest BCUT2D eigenvalue weighted by Crippen LogP contribution is -2.66. The molecule has 1 amide bonds. The maximum Gasteiger partial charge on any atom is 0.220 e. The molecular weight excluding hydrogens is 1130 g/mol. The van der Waals surface area contributed by atoms with Gasteiger partial charge in [0.15, 0.2) is 18.9 Å². The van der Waals surface area contributed by atoms with Gasteiger partial charge in [-0.25, -0.2) is 0 Å². The van der Waals surface area contributed by atoms with Crippen LogP contribution in [0, 0.1) is 0 Å².